The minimum atomic E-state index is -0.174. The fourth-order valence-corrected chi connectivity index (χ4v) is 1.73. The Labute approximate surface area is 124 Å². The van der Waals surface area contributed by atoms with Crippen molar-refractivity contribution in [1.82, 2.24) is 0 Å². The number of benzene rings is 1. The molecule has 1 aromatic rings. The second-order valence-electron chi connectivity index (χ2n) is 6.29. The van der Waals surface area contributed by atoms with Gasteiger partial charge < -0.3 is 9.47 Å². The third-order valence-corrected chi connectivity index (χ3v) is 3.86. The zero-order valence-corrected chi connectivity index (χ0v) is 13.8. The van der Waals surface area contributed by atoms with Gasteiger partial charge in [0.25, 0.3) is 0 Å². The van der Waals surface area contributed by atoms with Crippen molar-refractivity contribution < 1.29 is 9.47 Å². The van der Waals surface area contributed by atoms with Crippen LogP contribution >= 0.6 is 0 Å². The van der Waals surface area contributed by atoms with Crippen LogP contribution in [0.3, 0.4) is 0 Å². The van der Waals surface area contributed by atoms with E-state index in [0.717, 1.165) is 6.42 Å². The third-order valence-electron chi connectivity index (χ3n) is 3.86. The van der Waals surface area contributed by atoms with E-state index in [0.29, 0.717) is 11.8 Å². The molecular formula is C18H30O2. The lowest BCUT2D eigenvalue weighted by Crippen LogP contribution is -2.32. The van der Waals surface area contributed by atoms with E-state index >= 15 is 0 Å². The highest BCUT2D eigenvalue weighted by atomic mass is 16.7. The van der Waals surface area contributed by atoms with E-state index in [1.807, 2.05) is 6.07 Å². The topological polar surface area (TPSA) is 18.5 Å². The highest BCUT2D eigenvalue weighted by molar-refractivity contribution is 5.15. The highest BCUT2D eigenvalue weighted by Gasteiger charge is 2.20. The zero-order chi connectivity index (χ0) is 15.1. The Morgan fingerprint density at radius 3 is 1.60 bits per heavy atom. The van der Waals surface area contributed by atoms with Crippen LogP contribution in [0.15, 0.2) is 30.3 Å². The first-order valence-corrected chi connectivity index (χ1v) is 7.75. The van der Waals surface area contributed by atoms with Crippen LogP contribution in [-0.2, 0) is 15.9 Å². The Balaban J connectivity index is 2.68. The van der Waals surface area contributed by atoms with Crippen molar-refractivity contribution in [3.05, 3.63) is 35.9 Å². The van der Waals surface area contributed by atoms with Crippen molar-refractivity contribution in [2.24, 2.45) is 11.8 Å². The molecular weight excluding hydrogens is 248 g/mol. The Morgan fingerprint density at radius 2 is 1.20 bits per heavy atom. The molecule has 0 saturated carbocycles. The Bertz CT molecular complexity index is 343. The molecule has 2 heteroatoms. The van der Waals surface area contributed by atoms with E-state index in [1.54, 1.807) is 0 Å². The lowest BCUT2D eigenvalue weighted by Gasteiger charge is -2.29. The molecule has 0 heterocycles. The predicted molar refractivity (Wildman–Crippen MR) is 84.7 cm³/mol. The smallest absolute Gasteiger partial charge is 0.162 e. The summed E-state index contributed by atoms with van der Waals surface area (Å²) in [5.41, 5.74) is 1.25. The SMILES string of the molecule is CC(C)C(C)OC(Cc1ccccc1)OC(C)C(C)C. The van der Waals surface area contributed by atoms with Crippen LogP contribution in [0.2, 0.25) is 0 Å². The Kier molecular flexibility index (Phi) is 7.25. The standard InChI is InChI=1S/C18H30O2/c1-13(2)15(5)19-18(20-16(6)14(3)4)12-17-10-8-7-9-11-17/h7-11,13-16,18H,12H2,1-6H3. The first kappa shape index (κ1) is 17.2. The van der Waals surface area contributed by atoms with E-state index in [4.69, 9.17) is 9.47 Å². The molecule has 0 spiro atoms. The van der Waals surface area contributed by atoms with Crippen LogP contribution in [0.4, 0.5) is 0 Å². The summed E-state index contributed by atoms with van der Waals surface area (Å²) in [6, 6.07) is 10.4. The second-order valence-corrected chi connectivity index (χ2v) is 6.29. The van der Waals surface area contributed by atoms with Gasteiger partial charge in [-0.1, -0.05) is 58.0 Å². The number of ether oxygens (including phenoxy) is 2. The molecule has 2 atom stereocenters. The quantitative estimate of drug-likeness (QED) is 0.643. The van der Waals surface area contributed by atoms with Gasteiger partial charge in [-0.3, -0.25) is 0 Å². The second kappa shape index (κ2) is 8.43. The van der Waals surface area contributed by atoms with E-state index in [9.17, 15) is 0 Å². The normalized spacial score (nSPS) is 16.4. The maximum absolute atomic E-state index is 6.11. The number of hydrogen-bond acceptors (Lipinski definition) is 2. The molecule has 20 heavy (non-hydrogen) atoms. The summed E-state index contributed by atoms with van der Waals surface area (Å²) in [4.78, 5) is 0. The fraction of sp³-hybridized carbons (Fsp3) is 0.667. The summed E-state index contributed by atoms with van der Waals surface area (Å²) in [6.45, 7) is 12.9. The van der Waals surface area contributed by atoms with Crippen LogP contribution in [0.25, 0.3) is 0 Å². The van der Waals surface area contributed by atoms with Gasteiger partial charge in [0, 0.05) is 6.42 Å². The number of rotatable bonds is 8. The first-order chi connectivity index (χ1) is 9.40. The lowest BCUT2D eigenvalue weighted by molar-refractivity contribution is -0.201. The van der Waals surface area contributed by atoms with E-state index in [2.05, 4.69) is 65.8 Å². The number of hydrogen-bond donors (Lipinski definition) is 0. The first-order valence-electron chi connectivity index (χ1n) is 7.75. The summed E-state index contributed by atoms with van der Waals surface area (Å²) >= 11 is 0. The van der Waals surface area contributed by atoms with Crippen molar-refractivity contribution in [1.29, 1.82) is 0 Å². The zero-order valence-electron chi connectivity index (χ0n) is 13.8. The molecule has 0 N–H and O–H groups in total. The molecule has 0 saturated heterocycles. The molecule has 0 aliphatic carbocycles. The monoisotopic (exact) mass is 278 g/mol. The minimum Gasteiger partial charge on any atom is -0.349 e. The Hall–Kier alpha value is -0.860. The summed E-state index contributed by atoms with van der Waals surface area (Å²) in [5.74, 6) is 0.984. The van der Waals surface area contributed by atoms with Crippen LogP contribution in [0.1, 0.15) is 47.1 Å². The van der Waals surface area contributed by atoms with E-state index < -0.39 is 0 Å². The van der Waals surface area contributed by atoms with Crippen molar-refractivity contribution >= 4 is 0 Å². The van der Waals surface area contributed by atoms with Gasteiger partial charge in [0.05, 0.1) is 12.2 Å². The van der Waals surface area contributed by atoms with E-state index in [1.165, 1.54) is 5.56 Å². The molecule has 0 aliphatic heterocycles. The summed E-state index contributed by atoms with van der Waals surface area (Å²) in [7, 11) is 0. The third kappa shape index (κ3) is 6.06. The average molecular weight is 278 g/mol. The molecule has 0 bridgehead atoms. The van der Waals surface area contributed by atoms with Gasteiger partial charge in [0.1, 0.15) is 0 Å². The molecule has 1 aromatic carbocycles. The summed E-state index contributed by atoms with van der Waals surface area (Å²) in [6.07, 6.45) is 1.02. The average Bonchev–Trinajstić information content (AvgIpc) is 2.39. The summed E-state index contributed by atoms with van der Waals surface area (Å²) in [5, 5.41) is 0. The van der Waals surface area contributed by atoms with Gasteiger partial charge >= 0.3 is 0 Å². The predicted octanol–water partition coefficient (Wildman–Crippen LogP) is 4.68. The van der Waals surface area contributed by atoms with Gasteiger partial charge in [0.15, 0.2) is 6.29 Å². The van der Waals surface area contributed by atoms with Crippen molar-refractivity contribution in [3.8, 4) is 0 Å². The lowest BCUT2D eigenvalue weighted by atomic mass is 10.1. The van der Waals surface area contributed by atoms with Crippen molar-refractivity contribution in [2.45, 2.75) is 66.5 Å². The molecule has 0 aliphatic rings. The van der Waals surface area contributed by atoms with Crippen molar-refractivity contribution in [2.75, 3.05) is 0 Å². The molecule has 0 aromatic heterocycles. The van der Waals surface area contributed by atoms with Gasteiger partial charge in [-0.15, -0.1) is 0 Å². The largest absolute Gasteiger partial charge is 0.349 e. The highest BCUT2D eigenvalue weighted by Crippen LogP contribution is 2.17. The van der Waals surface area contributed by atoms with Gasteiger partial charge in [-0.05, 0) is 31.2 Å². The van der Waals surface area contributed by atoms with Gasteiger partial charge in [-0.2, -0.15) is 0 Å². The molecule has 114 valence electrons. The van der Waals surface area contributed by atoms with Gasteiger partial charge in [0.2, 0.25) is 0 Å². The fourth-order valence-electron chi connectivity index (χ4n) is 1.73. The van der Waals surface area contributed by atoms with E-state index in [-0.39, 0.29) is 18.5 Å². The van der Waals surface area contributed by atoms with Crippen LogP contribution in [0, 0.1) is 11.8 Å². The maximum atomic E-state index is 6.11. The summed E-state index contributed by atoms with van der Waals surface area (Å²) < 4.78 is 12.2. The molecule has 2 nitrogen and oxygen atoms in total. The molecule has 0 radical (unpaired) electrons. The molecule has 1 rings (SSSR count). The van der Waals surface area contributed by atoms with Crippen LogP contribution < -0.4 is 0 Å². The van der Waals surface area contributed by atoms with Crippen LogP contribution in [-0.4, -0.2) is 18.5 Å². The molecule has 2 unspecified atom stereocenters. The van der Waals surface area contributed by atoms with Gasteiger partial charge in [-0.25, -0.2) is 0 Å². The minimum absolute atomic E-state index is 0.174. The molecule has 0 amide bonds. The van der Waals surface area contributed by atoms with Crippen molar-refractivity contribution in [3.63, 3.8) is 0 Å². The maximum Gasteiger partial charge on any atom is 0.162 e. The van der Waals surface area contributed by atoms with Crippen LogP contribution in [0.5, 0.6) is 0 Å². The molecule has 0 fully saturated rings. The Morgan fingerprint density at radius 1 is 0.750 bits per heavy atom.